The van der Waals surface area contributed by atoms with E-state index in [-0.39, 0.29) is 0 Å². The molecule has 0 bridgehead atoms. The van der Waals surface area contributed by atoms with Gasteiger partial charge in [-0.25, -0.2) is 9.37 Å². The van der Waals surface area contributed by atoms with Crippen LogP contribution in [0.5, 0.6) is 0 Å². The summed E-state index contributed by atoms with van der Waals surface area (Å²) < 4.78 is 19.0. The van der Waals surface area contributed by atoms with E-state index in [4.69, 9.17) is 4.74 Å². The highest BCUT2D eigenvalue weighted by atomic mass is 19.1. The molecule has 0 N–H and O–H groups in total. The number of morpholine rings is 1. The van der Waals surface area contributed by atoms with Gasteiger partial charge in [0, 0.05) is 46.8 Å². The Morgan fingerprint density at radius 1 is 1.33 bits per heavy atom. The molecule has 1 aromatic rings. The maximum absolute atomic E-state index is 13.7. The van der Waals surface area contributed by atoms with Crippen molar-refractivity contribution in [2.24, 2.45) is 0 Å². The number of hydrogen-bond donors (Lipinski definition) is 0. The SMILES string of the molecule is CCN(CCN1CCOCC1)c1ncc(F)c(N(C)C)n1. The molecule has 1 aromatic heterocycles. The Kier molecular flexibility index (Phi) is 5.69. The fourth-order valence-corrected chi connectivity index (χ4v) is 2.30. The van der Waals surface area contributed by atoms with Crippen molar-refractivity contribution >= 4 is 11.8 Å². The first-order valence-corrected chi connectivity index (χ1v) is 7.36. The van der Waals surface area contributed by atoms with Gasteiger partial charge < -0.3 is 14.5 Å². The summed E-state index contributed by atoms with van der Waals surface area (Å²) in [4.78, 5) is 14.6. The highest BCUT2D eigenvalue weighted by molar-refractivity contribution is 5.43. The molecule has 6 nitrogen and oxygen atoms in total. The second-order valence-electron chi connectivity index (χ2n) is 5.27. The van der Waals surface area contributed by atoms with Gasteiger partial charge in [-0.15, -0.1) is 0 Å². The summed E-state index contributed by atoms with van der Waals surface area (Å²) in [5, 5.41) is 0. The Labute approximate surface area is 125 Å². The summed E-state index contributed by atoms with van der Waals surface area (Å²) in [5.74, 6) is 0.508. The first-order valence-electron chi connectivity index (χ1n) is 7.36. The number of nitrogens with zero attached hydrogens (tertiary/aromatic N) is 5. The van der Waals surface area contributed by atoms with Gasteiger partial charge >= 0.3 is 0 Å². The zero-order valence-corrected chi connectivity index (χ0v) is 13.0. The number of ether oxygens (including phenoxy) is 1. The summed E-state index contributed by atoms with van der Waals surface area (Å²) in [7, 11) is 3.55. The van der Waals surface area contributed by atoms with Crippen molar-refractivity contribution in [3.8, 4) is 0 Å². The van der Waals surface area contributed by atoms with Gasteiger partial charge in [0.1, 0.15) is 0 Å². The lowest BCUT2D eigenvalue weighted by Gasteiger charge is -2.29. The van der Waals surface area contributed by atoms with Gasteiger partial charge in [0.15, 0.2) is 11.6 Å². The van der Waals surface area contributed by atoms with Crippen molar-refractivity contribution in [2.45, 2.75) is 6.92 Å². The zero-order valence-electron chi connectivity index (χ0n) is 13.0. The Morgan fingerprint density at radius 3 is 2.67 bits per heavy atom. The minimum absolute atomic E-state index is 0.324. The summed E-state index contributed by atoms with van der Waals surface area (Å²) in [6.07, 6.45) is 1.25. The van der Waals surface area contributed by atoms with Crippen LogP contribution in [-0.2, 0) is 4.74 Å². The second kappa shape index (κ2) is 7.51. The van der Waals surface area contributed by atoms with Crippen LogP contribution in [0.3, 0.4) is 0 Å². The molecule has 0 unspecified atom stereocenters. The molecule has 0 amide bonds. The van der Waals surface area contributed by atoms with E-state index < -0.39 is 5.82 Å². The molecule has 2 heterocycles. The molecular formula is C14H24FN5O. The molecule has 0 saturated carbocycles. The van der Waals surface area contributed by atoms with E-state index in [2.05, 4.69) is 26.7 Å². The van der Waals surface area contributed by atoms with Gasteiger partial charge in [-0.3, -0.25) is 4.90 Å². The van der Waals surface area contributed by atoms with E-state index in [9.17, 15) is 4.39 Å². The number of rotatable bonds is 6. The van der Waals surface area contributed by atoms with Crippen molar-refractivity contribution in [1.82, 2.24) is 14.9 Å². The Balaban J connectivity index is 2.01. The molecule has 0 aliphatic carbocycles. The van der Waals surface area contributed by atoms with Crippen molar-refractivity contribution in [3.05, 3.63) is 12.0 Å². The molecule has 1 saturated heterocycles. The Morgan fingerprint density at radius 2 is 2.05 bits per heavy atom. The van der Waals surface area contributed by atoms with Crippen LogP contribution < -0.4 is 9.80 Å². The standard InChI is InChI=1S/C14H24FN5O/c1-4-20(6-5-19-7-9-21-10-8-19)14-16-11-12(15)13(17-14)18(2)3/h11H,4-10H2,1-3H3. The number of anilines is 2. The van der Waals surface area contributed by atoms with E-state index in [0.717, 1.165) is 45.9 Å². The fraction of sp³-hybridized carbons (Fsp3) is 0.714. The van der Waals surface area contributed by atoms with E-state index in [1.165, 1.54) is 6.20 Å². The minimum Gasteiger partial charge on any atom is -0.379 e. The average molecular weight is 297 g/mol. The lowest BCUT2D eigenvalue weighted by atomic mass is 10.4. The predicted octanol–water partition coefficient (Wildman–Crippen LogP) is 0.840. The summed E-state index contributed by atoms with van der Waals surface area (Å²) >= 11 is 0. The van der Waals surface area contributed by atoms with Gasteiger partial charge in [0.05, 0.1) is 19.4 Å². The van der Waals surface area contributed by atoms with E-state index in [0.29, 0.717) is 11.8 Å². The van der Waals surface area contributed by atoms with E-state index in [1.807, 2.05) is 0 Å². The van der Waals surface area contributed by atoms with Crippen LogP contribution in [0.1, 0.15) is 6.92 Å². The molecule has 21 heavy (non-hydrogen) atoms. The topological polar surface area (TPSA) is 44.7 Å². The average Bonchev–Trinajstić information content (AvgIpc) is 2.50. The number of hydrogen-bond acceptors (Lipinski definition) is 6. The normalized spacial score (nSPS) is 16.0. The van der Waals surface area contributed by atoms with Crippen molar-refractivity contribution in [2.75, 3.05) is 69.8 Å². The van der Waals surface area contributed by atoms with Gasteiger partial charge in [-0.1, -0.05) is 0 Å². The zero-order chi connectivity index (χ0) is 15.2. The van der Waals surface area contributed by atoms with Crippen molar-refractivity contribution < 1.29 is 9.13 Å². The van der Waals surface area contributed by atoms with E-state index in [1.54, 1.807) is 19.0 Å². The molecule has 2 rings (SSSR count). The summed E-state index contributed by atoms with van der Waals surface area (Å²) in [6, 6.07) is 0. The third kappa shape index (κ3) is 4.25. The largest absolute Gasteiger partial charge is 0.379 e. The van der Waals surface area contributed by atoms with Crippen LogP contribution in [0, 0.1) is 5.82 Å². The van der Waals surface area contributed by atoms with Crippen LogP contribution in [0.4, 0.5) is 16.2 Å². The molecule has 0 spiro atoms. The molecule has 1 aliphatic heterocycles. The first-order chi connectivity index (χ1) is 10.1. The summed E-state index contributed by atoms with van der Waals surface area (Å²) in [5.41, 5.74) is 0. The first kappa shape index (κ1) is 15.9. The minimum atomic E-state index is -0.395. The van der Waals surface area contributed by atoms with Crippen molar-refractivity contribution in [1.29, 1.82) is 0 Å². The highest BCUT2D eigenvalue weighted by Crippen LogP contribution is 2.17. The quantitative estimate of drug-likeness (QED) is 0.775. The number of halogens is 1. The van der Waals surface area contributed by atoms with Gasteiger partial charge in [-0.2, -0.15) is 4.98 Å². The van der Waals surface area contributed by atoms with Gasteiger partial charge in [0.2, 0.25) is 5.95 Å². The van der Waals surface area contributed by atoms with Crippen LogP contribution in [0.25, 0.3) is 0 Å². The van der Waals surface area contributed by atoms with Crippen LogP contribution in [0.15, 0.2) is 6.20 Å². The van der Waals surface area contributed by atoms with Gasteiger partial charge in [-0.05, 0) is 6.92 Å². The lowest BCUT2D eigenvalue weighted by molar-refractivity contribution is 0.0391. The fourth-order valence-electron chi connectivity index (χ4n) is 2.30. The smallest absolute Gasteiger partial charge is 0.227 e. The van der Waals surface area contributed by atoms with Crippen LogP contribution in [0.2, 0.25) is 0 Å². The molecular weight excluding hydrogens is 273 g/mol. The number of aromatic nitrogens is 2. The predicted molar refractivity (Wildman–Crippen MR) is 81.5 cm³/mol. The molecule has 7 heteroatoms. The third-order valence-corrected chi connectivity index (χ3v) is 3.59. The summed E-state index contributed by atoms with van der Waals surface area (Å²) in [6.45, 7) is 8.14. The molecule has 118 valence electrons. The van der Waals surface area contributed by atoms with Gasteiger partial charge in [0.25, 0.3) is 0 Å². The molecule has 0 atom stereocenters. The molecule has 0 aromatic carbocycles. The van der Waals surface area contributed by atoms with Crippen LogP contribution >= 0.6 is 0 Å². The lowest BCUT2D eigenvalue weighted by Crippen LogP contribution is -2.42. The van der Waals surface area contributed by atoms with Crippen LogP contribution in [-0.4, -0.2) is 74.9 Å². The highest BCUT2D eigenvalue weighted by Gasteiger charge is 2.15. The maximum atomic E-state index is 13.7. The Hall–Kier alpha value is -1.47. The van der Waals surface area contributed by atoms with E-state index >= 15 is 0 Å². The second-order valence-corrected chi connectivity index (χ2v) is 5.27. The molecule has 0 radical (unpaired) electrons. The van der Waals surface area contributed by atoms with Crippen molar-refractivity contribution in [3.63, 3.8) is 0 Å². The number of likely N-dealkylation sites (N-methyl/N-ethyl adjacent to an activating group) is 1. The molecule has 1 aliphatic rings. The maximum Gasteiger partial charge on any atom is 0.227 e. The third-order valence-electron chi connectivity index (χ3n) is 3.59. The Bertz CT molecular complexity index is 451. The molecule has 1 fully saturated rings. The monoisotopic (exact) mass is 297 g/mol.